The summed E-state index contributed by atoms with van der Waals surface area (Å²) in [5, 5.41) is 0.164. The Morgan fingerprint density at radius 3 is 2.29 bits per heavy atom. The Balaban J connectivity index is 2.60. The average Bonchev–Trinajstić information content (AvgIpc) is 3.03. The predicted octanol–water partition coefficient (Wildman–Crippen LogP) is 7.65. The summed E-state index contributed by atoms with van der Waals surface area (Å²) in [5.41, 5.74) is 2.24. The van der Waals surface area contributed by atoms with Crippen molar-refractivity contribution in [2.75, 3.05) is 7.11 Å². The molecule has 1 atom stereocenters. The van der Waals surface area contributed by atoms with Crippen LogP contribution in [0.15, 0.2) is 18.4 Å². The number of methoxy groups -OCH3 is 1. The van der Waals surface area contributed by atoms with E-state index in [1.165, 1.54) is 12.8 Å². The molecule has 6 heteroatoms. The largest absolute Gasteiger partial charge is 0.549 e. The molecular formula is C25H44O4Si2. The maximum atomic E-state index is 6.76. The highest BCUT2D eigenvalue weighted by atomic mass is 28.4. The fourth-order valence-corrected chi connectivity index (χ4v) is 7.63. The van der Waals surface area contributed by atoms with Gasteiger partial charge in [-0.1, -0.05) is 53.6 Å². The van der Waals surface area contributed by atoms with E-state index >= 15 is 0 Å². The van der Waals surface area contributed by atoms with Crippen LogP contribution in [-0.4, -0.2) is 35.3 Å². The molecule has 0 bridgehead atoms. The van der Waals surface area contributed by atoms with Gasteiger partial charge in [0.05, 0.1) is 19.5 Å². The number of fused-ring (bicyclic) bond motifs is 1. The standard InChI is InChI=1S/C25H44O4Si2/c1-12-13-16-30(8,9)27-17-20-19-14-15-21(26-7)23(28-18(2)3)22(19)29-24(20)31(10,11)25(4,5)6/h14-15,17-18,24H,12-13,16H2,1-11H3. The number of hydrogen-bond donors (Lipinski definition) is 0. The molecule has 4 nitrogen and oxygen atoms in total. The van der Waals surface area contributed by atoms with Gasteiger partial charge in [0.25, 0.3) is 0 Å². The highest BCUT2D eigenvalue weighted by molar-refractivity contribution is 6.83. The topological polar surface area (TPSA) is 36.9 Å². The summed E-state index contributed by atoms with van der Waals surface area (Å²) in [5.74, 6) is 2.21. The highest BCUT2D eigenvalue weighted by Crippen LogP contribution is 2.54. The van der Waals surface area contributed by atoms with Gasteiger partial charge < -0.3 is 18.6 Å². The van der Waals surface area contributed by atoms with Gasteiger partial charge in [-0.2, -0.15) is 0 Å². The summed E-state index contributed by atoms with van der Waals surface area (Å²) in [6.07, 6.45) is 4.47. The molecule has 0 fully saturated rings. The summed E-state index contributed by atoms with van der Waals surface area (Å²) in [6, 6.07) is 5.25. The van der Waals surface area contributed by atoms with Gasteiger partial charge in [-0.05, 0) is 50.2 Å². The van der Waals surface area contributed by atoms with Crippen LogP contribution < -0.4 is 14.2 Å². The minimum absolute atomic E-state index is 0.0000866. The summed E-state index contributed by atoms with van der Waals surface area (Å²) >= 11 is 0. The van der Waals surface area contributed by atoms with Crippen molar-refractivity contribution >= 4 is 22.0 Å². The first-order valence-corrected chi connectivity index (χ1v) is 17.9. The lowest BCUT2D eigenvalue weighted by atomic mass is 10.1. The van der Waals surface area contributed by atoms with Gasteiger partial charge in [0.15, 0.2) is 11.5 Å². The molecule has 2 rings (SSSR count). The normalized spacial score (nSPS) is 18.2. The van der Waals surface area contributed by atoms with Gasteiger partial charge in [0.1, 0.15) is 13.8 Å². The third-order valence-electron chi connectivity index (χ3n) is 6.70. The van der Waals surface area contributed by atoms with Crippen molar-refractivity contribution in [2.24, 2.45) is 0 Å². The summed E-state index contributed by atoms with van der Waals surface area (Å²) in [6.45, 7) is 22.7. The first-order chi connectivity index (χ1) is 14.2. The molecule has 176 valence electrons. The van der Waals surface area contributed by atoms with Crippen molar-refractivity contribution in [1.82, 2.24) is 0 Å². The molecule has 0 N–H and O–H groups in total. The number of hydrogen-bond acceptors (Lipinski definition) is 4. The van der Waals surface area contributed by atoms with E-state index < -0.39 is 16.4 Å². The van der Waals surface area contributed by atoms with Crippen LogP contribution in [0.25, 0.3) is 5.57 Å². The predicted molar refractivity (Wildman–Crippen MR) is 137 cm³/mol. The Kier molecular flexibility index (Phi) is 8.02. The van der Waals surface area contributed by atoms with Crippen molar-refractivity contribution in [3.05, 3.63) is 24.0 Å². The summed E-state index contributed by atoms with van der Waals surface area (Å²) in [4.78, 5) is 0. The smallest absolute Gasteiger partial charge is 0.244 e. The highest BCUT2D eigenvalue weighted by Gasteiger charge is 2.50. The number of ether oxygens (including phenoxy) is 3. The quantitative estimate of drug-likeness (QED) is 0.278. The van der Waals surface area contributed by atoms with Gasteiger partial charge in [0, 0.05) is 11.1 Å². The van der Waals surface area contributed by atoms with Crippen molar-refractivity contribution in [3.8, 4) is 17.2 Å². The third-order valence-corrected chi connectivity index (χ3v) is 14.6. The molecule has 0 amide bonds. The minimum Gasteiger partial charge on any atom is -0.549 e. The van der Waals surface area contributed by atoms with Crippen molar-refractivity contribution in [3.63, 3.8) is 0 Å². The zero-order chi connectivity index (χ0) is 23.6. The first-order valence-electron chi connectivity index (χ1n) is 11.7. The molecule has 0 radical (unpaired) electrons. The van der Waals surface area contributed by atoms with Crippen LogP contribution in [0.2, 0.25) is 37.3 Å². The van der Waals surface area contributed by atoms with Crippen LogP contribution in [0.4, 0.5) is 0 Å². The molecule has 1 heterocycles. The Labute approximate surface area is 192 Å². The fourth-order valence-electron chi connectivity index (χ4n) is 3.66. The Bertz CT molecular complexity index is 791. The molecule has 0 saturated heterocycles. The van der Waals surface area contributed by atoms with Gasteiger partial charge in [0.2, 0.25) is 14.1 Å². The lowest BCUT2D eigenvalue weighted by Crippen LogP contribution is -2.51. The Morgan fingerprint density at radius 2 is 1.77 bits per heavy atom. The van der Waals surface area contributed by atoms with E-state index in [4.69, 9.17) is 18.6 Å². The lowest BCUT2D eigenvalue weighted by molar-refractivity contribution is 0.213. The third kappa shape index (κ3) is 5.69. The van der Waals surface area contributed by atoms with Crippen molar-refractivity contribution in [1.29, 1.82) is 0 Å². The van der Waals surface area contributed by atoms with E-state index in [0.29, 0.717) is 11.5 Å². The second kappa shape index (κ2) is 9.61. The molecule has 0 spiro atoms. The molecule has 31 heavy (non-hydrogen) atoms. The van der Waals surface area contributed by atoms with Crippen LogP contribution in [0.1, 0.15) is 59.9 Å². The van der Waals surface area contributed by atoms with E-state index in [2.05, 4.69) is 59.9 Å². The molecule has 0 saturated carbocycles. The van der Waals surface area contributed by atoms with Crippen molar-refractivity contribution in [2.45, 2.75) is 103 Å². The second-order valence-electron chi connectivity index (χ2n) is 11.2. The SMILES string of the molecule is CCCC[Si](C)(C)OC=C1c2ccc(OC)c(OC(C)C)c2OC1[Si](C)(C)C(C)(C)C. The fraction of sp³-hybridized carbons (Fsp3) is 0.680. The molecule has 1 aromatic rings. The molecule has 1 aliphatic rings. The number of rotatable bonds is 9. The van der Waals surface area contributed by atoms with E-state index in [1.54, 1.807) is 7.11 Å². The molecule has 0 aromatic heterocycles. The Hall–Kier alpha value is -1.41. The van der Waals surface area contributed by atoms with Crippen LogP contribution in [0, 0.1) is 0 Å². The maximum Gasteiger partial charge on any atom is 0.244 e. The van der Waals surface area contributed by atoms with E-state index in [1.807, 2.05) is 26.2 Å². The van der Waals surface area contributed by atoms with Crippen LogP contribution in [-0.2, 0) is 4.43 Å². The summed E-state index contributed by atoms with van der Waals surface area (Å²) < 4.78 is 25.1. The second-order valence-corrected chi connectivity index (χ2v) is 20.9. The zero-order valence-electron chi connectivity index (χ0n) is 21.6. The van der Waals surface area contributed by atoms with Crippen LogP contribution >= 0.6 is 0 Å². The lowest BCUT2D eigenvalue weighted by Gasteiger charge is -2.41. The van der Waals surface area contributed by atoms with Gasteiger partial charge in [-0.25, -0.2) is 0 Å². The van der Waals surface area contributed by atoms with Gasteiger partial charge in [-0.3, -0.25) is 0 Å². The zero-order valence-corrected chi connectivity index (χ0v) is 23.6. The van der Waals surface area contributed by atoms with E-state index in [9.17, 15) is 0 Å². The van der Waals surface area contributed by atoms with Gasteiger partial charge in [-0.15, -0.1) is 0 Å². The minimum atomic E-state index is -1.90. The summed E-state index contributed by atoms with van der Waals surface area (Å²) in [7, 11) is -2.00. The number of unbranched alkanes of at least 4 members (excludes halogenated alkanes) is 1. The van der Waals surface area contributed by atoms with Crippen molar-refractivity contribution < 1.29 is 18.6 Å². The molecule has 1 aliphatic heterocycles. The Morgan fingerprint density at radius 1 is 1.13 bits per heavy atom. The van der Waals surface area contributed by atoms with E-state index in [-0.39, 0.29) is 16.9 Å². The molecule has 0 aliphatic carbocycles. The molecular weight excluding hydrogens is 420 g/mol. The molecule has 1 aromatic carbocycles. The average molecular weight is 465 g/mol. The maximum absolute atomic E-state index is 6.76. The van der Waals surface area contributed by atoms with Gasteiger partial charge >= 0.3 is 0 Å². The monoisotopic (exact) mass is 464 g/mol. The number of benzene rings is 1. The van der Waals surface area contributed by atoms with E-state index in [0.717, 1.165) is 22.9 Å². The first kappa shape index (κ1) is 25.9. The molecule has 1 unspecified atom stereocenters. The van der Waals surface area contributed by atoms with Crippen LogP contribution in [0.5, 0.6) is 17.2 Å². The van der Waals surface area contributed by atoms with Crippen LogP contribution in [0.3, 0.4) is 0 Å².